The molecule has 4 nitrogen and oxygen atoms in total. The smallest absolute Gasteiger partial charge is 0.266 e. The van der Waals surface area contributed by atoms with E-state index in [1.165, 1.54) is 16.9 Å². The first kappa shape index (κ1) is 19.8. The third-order valence-corrected chi connectivity index (χ3v) is 5.59. The first-order valence-corrected chi connectivity index (χ1v) is 10.3. The maximum absolute atomic E-state index is 12.8. The highest BCUT2D eigenvalue weighted by molar-refractivity contribution is 7.12. The Morgan fingerprint density at radius 2 is 1.57 bits per heavy atom. The molecule has 5 heteroatoms. The molecule has 28 heavy (non-hydrogen) atoms. The number of hydrogen-bond acceptors (Lipinski definition) is 3. The zero-order valence-electron chi connectivity index (χ0n) is 16.4. The van der Waals surface area contributed by atoms with Crippen molar-refractivity contribution in [1.82, 2.24) is 4.90 Å². The molecule has 0 spiro atoms. The Bertz CT molecular complexity index is 955. The highest BCUT2D eigenvalue weighted by atomic mass is 32.1. The van der Waals surface area contributed by atoms with Crippen LogP contribution in [0, 0.1) is 6.92 Å². The Labute approximate surface area is 169 Å². The van der Waals surface area contributed by atoms with Crippen molar-refractivity contribution in [2.45, 2.75) is 20.8 Å². The van der Waals surface area contributed by atoms with E-state index in [0.717, 1.165) is 11.1 Å². The number of nitrogens with zero attached hydrogens (tertiary/aromatic N) is 1. The van der Waals surface area contributed by atoms with Crippen LogP contribution in [0.2, 0.25) is 0 Å². The van der Waals surface area contributed by atoms with Crippen LogP contribution >= 0.6 is 11.3 Å². The summed E-state index contributed by atoms with van der Waals surface area (Å²) in [6.45, 7) is 7.31. The normalized spacial score (nSPS) is 10.5. The summed E-state index contributed by atoms with van der Waals surface area (Å²) in [5.74, 6) is -0.142. The molecule has 2 amide bonds. The zero-order valence-corrected chi connectivity index (χ0v) is 17.2. The average molecular weight is 393 g/mol. The number of hydrogen-bond donors (Lipinski definition) is 1. The van der Waals surface area contributed by atoms with Crippen molar-refractivity contribution < 1.29 is 9.59 Å². The number of benzene rings is 2. The molecule has 1 N–H and O–H groups in total. The van der Waals surface area contributed by atoms with Gasteiger partial charge in [-0.1, -0.05) is 29.8 Å². The lowest BCUT2D eigenvalue weighted by molar-refractivity contribution is 0.0773. The number of carbonyl (C=O) groups excluding carboxylic acids is 2. The van der Waals surface area contributed by atoms with E-state index < -0.39 is 0 Å². The molecule has 0 radical (unpaired) electrons. The fraction of sp³-hybridized carbons (Fsp3) is 0.217. The molecule has 1 aromatic heterocycles. The maximum Gasteiger partial charge on any atom is 0.266 e. The van der Waals surface area contributed by atoms with E-state index >= 15 is 0 Å². The first-order valence-electron chi connectivity index (χ1n) is 9.38. The standard InChI is InChI=1S/C23H24N2O2S/c1-4-25(5-2)23(27)18-10-12-19(13-11-18)24-22(26)21-20(14-15-28-21)17-8-6-16(3)7-9-17/h6-15H,4-5H2,1-3H3,(H,24,26). The third kappa shape index (κ3) is 4.31. The van der Waals surface area contributed by atoms with Gasteiger partial charge in [0.25, 0.3) is 11.8 Å². The van der Waals surface area contributed by atoms with Gasteiger partial charge in [-0.3, -0.25) is 9.59 Å². The van der Waals surface area contributed by atoms with Gasteiger partial charge < -0.3 is 10.2 Å². The molecule has 2 aromatic carbocycles. The van der Waals surface area contributed by atoms with E-state index in [0.29, 0.717) is 29.2 Å². The second-order valence-electron chi connectivity index (χ2n) is 6.54. The van der Waals surface area contributed by atoms with Crippen LogP contribution in [0.1, 0.15) is 39.4 Å². The van der Waals surface area contributed by atoms with Gasteiger partial charge in [0, 0.05) is 29.9 Å². The molecule has 1 heterocycles. The lowest BCUT2D eigenvalue weighted by Gasteiger charge is -2.18. The van der Waals surface area contributed by atoms with Crippen LogP contribution in [-0.2, 0) is 0 Å². The Kier molecular flexibility index (Phi) is 6.26. The number of anilines is 1. The molecule has 0 bridgehead atoms. The maximum atomic E-state index is 12.8. The lowest BCUT2D eigenvalue weighted by atomic mass is 10.0. The van der Waals surface area contributed by atoms with Crippen LogP contribution in [0.4, 0.5) is 5.69 Å². The number of nitrogens with one attached hydrogen (secondary N) is 1. The van der Waals surface area contributed by atoms with E-state index in [1.807, 2.05) is 56.5 Å². The second-order valence-corrected chi connectivity index (χ2v) is 7.45. The summed E-state index contributed by atoms with van der Waals surface area (Å²) in [7, 11) is 0. The van der Waals surface area contributed by atoms with Gasteiger partial charge in [-0.05, 0) is 62.0 Å². The van der Waals surface area contributed by atoms with Crippen molar-refractivity contribution in [2.24, 2.45) is 0 Å². The van der Waals surface area contributed by atoms with Crippen molar-refractivity contribution in [3.8, 4) is 11.1 Å². The fourth-order valence-corrected chi connectivity index (χ4v) is 3.83. The third-order valence-electron chi connectivity index (χ3n) is 4.67. The van der Waals surface area contributed by atoms with Gasteiger partial charge in [0.1, 0.15) is 0 Å². The fourth-order valence-electron chi connectivity index (χ4n) is 3.02. The SMILES string of the molecule is CCN(CC)C(=O)c1ccc(NC(=O)c2sccc2-c2ccc(C)cc2)cc1. The minimum Gasteiger partial charge on any atom is -0.339 e. The molecule has 0 fully saturated rings. The number of rotatable bonds is 6. The van der Waals surface area contributed by atoms with Crippen LogP contribution in [0.15, 0.2) is 60.0 Å². The van der Waals surface area contributed by atoms with Gasteiger partial charge in [0.15, 0.2) is 0 Å². The molecule has 0 aliphatic carbocycles. The van der Waals surface area contributed by atoms with Crippen LogP contribution in [0.25, 0.3) is 11.1 Å². The summed E-state index contributed by atoms with van der Waals surface area (Å²) in [4.78, 5) is 27.6. The minimum absolute atomic E-state index is 0.00258. The van der Waals surface area contributed by atoms with Gasteiger partial charge in [-0.2, -0.15) is 0 Å². The molecule has 0 unspecified atom stereocenters. The first-order chi connectivity index (χ1) is 13.5. The molecule has 0 saturated carbocycles. The van der Waals surface area contributed by atoms with Crippen molar-refractivity contribution >= 4 is 28.8 Å². The van der Waals surface area contributed by atoms with E-state index in [4.69, 9.17) is 0 Å². The zero-order chi connectivity index (χ0) is 20.1. The topological polar surface area (TPSA) is 49.4 Å². The average Bonchev–Trinajstić information content (AvgIpc) is 3.20. The van der Waals surface area contributed by atoms with Gasteiger partial charge >= 0.3 is 0 Å². The molecular weight excluding hydrogens is 368 g/mol. The van der Waals surface area contributed by atoms with E-state index in [1.54, 1.807) is 29.2 Å². The Hall–Kier alpha value is -2.92. The van der Waals surface area contributed by atoms with E-state index in [9.17, 15) is 9.59 Å². The highest BCUT2D eigenvalue weighted by Gasteiger charge is 2.16. The largest absolute Gasteiger partial charge is 0.339 e. The van der Waals surface area contributed by atoms with Crippen molar-refractivity contribution in [3.63, 3.8) is 0 Å². The molecule has 3 rings (SSSR count). The summed E-state index contributed by atoms with van der Waals surface area (Å²) >= 11 is 1.42. The molecule has 3 aromatic rings. The van der Waals surface area contributed by atoms with E-state index in [-0.39, 0.29) is 11.8 Å². The predicted molar refractivity (Wildman–Crippen MR) is 116 cm³/mol. The van der Waals surface area contributed by atoms with Gasteiger partial charge in [0.2, 0.25) is 0 Å². The second kappa shape index (κ2) is 8.85. The molecule has 0 aliphatic rings. The Morgan fingerprint density at radius 1 is 0.929 bits per heavy atom. The number of thiophene rings is 1. The number of carbonyl (C=O) groups is 2. The predicted octanol–water partition coefficient (Wildman–Crippen LogP) is 5.46. The molecule has 0 atom stereocenters. The van der Waals surface area contributed by atoms with Crippen molar-refractivity contribution in [3.05, 3.63) is 76.0 Å². The quantitative estimate of drug-likeness (QED) is 0.606. The molecule has 0 aliphatic heterocycles. The summed E-state index contributed by atoms with van der Waals surface area (Å²) in [5, 5.41) is 4.86. The Balaban J connectivity index is 1.75. The van der Waals surface area contributed by atoms with Gasteiger partial charge in [-0.25, -0.2) is 0 Å². The Morgan fingerprint density at radius 3 is 2.18 bits per heavy atom. The minimum atomic E-state index is -0.145. The van der Waals surface area contributed by atoms with E-state index in [2.05, 4.69) is 5.32 Å². The summed E-state index contributed by atoms with van der Waals surface area (Å²) in [5.41, 5.74) is 4.43. The summed E-state index contributed by atoms with van der Waals surface area (Å²) < 4.78 is 0. The molecule has 144 valence electrons. The molecular formula is C23H24N2O2S. The number of aryl methyl sites for hydroxylation is 1. The van der Waals surface area contributed by atoms with Crippen molar-refractivity contribution in [2.75, 3.05) is 18.4 Å². The van der Waals surface area contributed by atoms with Crippen LogP contribution in [0.5, 0.6) is 0 Å². The van der Waals surface area contributed by atoms with Crippen molar-refractivity contribution in [1.29, 1.82) is 0 Å². The monoisotopic (exact) mass is 392 g/mol. The highest BCUT2D eigenvalue weighted by Crippen LogP contribution is 2.29. The number of amides is 2. The van der Waals surface area contributed by atoms with Crippen LogP contribution in [-0.4, -0.2) is 29.8 Å². The lowest BCUT2D eigenvalue weighted by Crippen LogP contribution is -2.30. The van der Waals surface area contributed by atoms with Gasteiger partial charge in [0.05, 0.1) is 4.88 Å². The van der Waals surface area contributed by atoms with Gasteiger partial charge in [-0.15, -0.1) is 11.3 Å². The van der Waals surface area contributed by atoms with Crippen LogP contribution < -0.4 is 5.32 Å². The van der Waals surface area contributed by atoms with Crippen LogP contribution in [0.3, 0.4) is 0 Å². The summed E-state index contributed by atoms with van der Waals surface area (Å²) in [6, 6.07) is 17.2. The summed E-state index contributed by atoms with van der Waals surface area (Å²) in [6.07, 6.45) is 0. The molecule has 0 saturated heterocycles.